The number of halogens is 1. The molecule has 0 radical (unpaired) electrons. The predicted octanol–water partition coefficient (Wildman–Crippen LogP) is 5.41. The average Bonchev–Trinajstić information content (AvgIpc) is 2.79. The van der Waals surface area contributed by atoms with Crippen molar-refractivity contribution in [1.82, 2.24) is 4.90 Å². The van der Waals surface area contributed by atoms with Crippen LogP contribution in [0.15, 0.2) is 92.5 Å². The van der Waals surface area contributed by atoms with E-state index >= 15 is 0 Å². The first-order valence-corrected chi connectivity index (χ1v) is 10.5. The maximum absolute atomic E-state index is 13.5. The molecule has 0 N–H and O–H groups in total. The number of hydrogen-bond donors (Lipinski definition) is 0. The topological polar surface area (TPSA) is 59.8 Å². The molecule has 4 rings (SSSR count). The molecule has 156 valence electrons. The first kappa shape index (κ1) is 20.9. The highest BCUT2D eigenvalue weighted by atomic mass is 79.9. The van der Waals surface area contributed by atoms with Gasteiger partial charge in [-0.05, 0) is 29.3 Å². The molecule has 31 heavy (non-hydrogen) atoms. The van der Waals surface area contributed by atoms with Gasteiger partial charge in [0.05, 0.1) is 7.11 Å². The van der Waals surface area contributed by atoms with Crippen molar-refractivity contribution in [3.8, 4) is 5.75 Å². The molecule has 0 saturated heterocycles. The highest BCUT2D eigenvalue weighted by molar-refractivity contribution is 9.10. The Hall–Kier alpha value is -3.38. The molecule has 0 unspecified atom stereocenters. The van der Waals surface area contributed by atoms with E-state index in [0.29, 0.717) is 29.8 Å². The summed E-state index contributed by atoms with van der Waals surface area (Å²) in [5, 5.41) is 0.605. The van der Waals surface area contributed by atoms with Gasteiger partial charge in [-0.3, -0.25) is 4.79 Å². The van der Waals surface area contributed by atoms with Gasteiger partial charge >= 0.3 is 5.63 Å². The molecule has 0 aliphatic carbocycles. The lowest BCUT2D eigenvalue weighted by molar-refractivity contribution is 0.0726. The van der Waals surface area contributed by atoms with Gasteiger partial charge in [0.2, 0.25) is 0 Å². The Kier molecular flexibility index (Phi) is 6.18. The second-order valence-electron chi connectivity index (χ2n) is 7.11. The Bertz CT molecular complexity index is 1230. The van der Waals surface area contributed by atoms with E-state index in [1.165, 1.54) is 7.11 Å². The summed E-state index contributed by atoms with van der Waals surface area (Å²) in [7, 11) is 1.50. The second kappa shape index (κ2) is 9.18. The van der Waals surface area contributed by atoms with E-state index in [0.717, 1.165) is 15.6 Å². The van der Waals surface area contributed by atoms with Crippen molar-refractivity contribution in [2.45, 2.75) is 13.1 Å². The zero-order valence-electron chi connectivity index (χ0n) is 16.9. The molecular formula is C25H20BrNO4. The molecule has 0 atom stereocenters. The summed E-state index contributed by atoms with van der Waals surface area (Å²) in [4.78, 5) is 27.9. The number of carbonyl (C=O) groups excluding carboxylic acids is 1. The van der Waals surface area contributed by atoms with E-state index in [9.17, 15) is 9.59 Å². The van der Waals surface area contributed by atoms with Crippen molar-refractivity contribution in [2.24, 2.45) is 0 Å². The van der Waals surface area contributed by atoms with Crippen molar-refractivity contribution < 1.29 is 13.9 Å². The third-order valence-electron chi connectivity index (χ3n) is 4.93. The number of amides is 1. The molecule has 0 spiro atoms. The van der Waals surface area contributed by atoms with Crippen molar-refractivity contribution >= 4 is 32.8 Å². The van der Waals surface area contributed by atoms with Crippen LogP contribution in [-0.4, -0.2) is 17.9 Å². The molecule has 6 heteroatoms. The van der Waals surface area contributed by atoms with Crippen LogP contribution in [0, 0.1) is 0 Å². The van der Waals surface area contributed by atoms with Crippen molar-refractivity contribution in [3.05, 3.63) is 110 Å². The van der Waals surface area contributed by atoms with Gasteiger partial charge < -0.3 is 14.1 Å². The SMILES string of the molecule is COc1cc(Br)cc2cc(C(=O)N(Cc3ccccc3)Cc3ccccc3)c(=O)oc12. The van der Waals surface area contributed by atoms with Gasteiger partial charge in [-0.2, -0.15) is 0 Å². The Morgan fingerprint density at radius 3 is 2.06 bits per heavy atom. The molecule has 3 aromatic carbocycles. The number of nitrogens with zero attached hydrogens (tertiary/aromatic N) is 1. The summed E-state index contributed by atoms with van der Waals surface area (Å²) in [5.74, 6) is 0.0354. The van der Waals surface area contributed by atoms with Crippen LogP contribution in [0.3, 0.4) is 0 Å². The van der Waals surface area contributed by atoms with E-state index in [1.807, 2.05) is 60.7 Å². The van der Waals surface area contributed by atoms with E-state index in [1.54, 1.807) is 23.1 Å². The van der Waals surface area contributed by atoms with Crippen molar-refractivity contribution in [1.29, 1.82) is 0 Å². The number of hydrogen-bond acceptors (Lipinski definition) is 4. The molecule has 0 saturated carbocycles. The molecule has 0 aliphatic rings. The zero-order valence-corrected chi connectivity index (χ0v) is 18.5. The summed E-state index contributed by atoms with van der Waals surface area (Å²) >= 11 is 3.43. The molecule has 1 aromatic heterocycles. The normalized spacial score (nSPS) is 10.8. The highest BCUT2D eigenvalue weighted by Crippen LogP contribution is 2.30. The van der Waals surface area contributed by atoms with E-state index in [4.69, 9.17) is 9.15 Å². The molecule has 1 heterocycles. The Labute approximate surface area is 188 Å². The number of ether oxygens (including phenoxy) is 1. The smallest absolute Gasteiger partial charge is 0.349 e. The van der Waals surface area contributed by atoms with Crippen LogP contribution in [0.1, 0.15) is 21.5 Å². The Balaban J connectivity index is 1.76. The fraction of sp³-hybridized carbons (Fsp3) is 0.120. The molecule has 0 bridgehead atoms. The van der Waals surface area contributed by atoms with Gasteiger partial charge in [0.25, 0.3) is 5.91 Å². The molecule has 1 amide bonds. The van der Waals surface area contributed by atoms with E-state index < -0.39 is 5.63 Å². The maximum atomic E-state index is 13.5. The Morgan fingerprint density at radius 2 is 1.52 bits per heavy atom. The second-order valence-corrected chi connectivity index (χ2v) is 8.02. The molecule has 0 fully saturated rings. The molecular weight excluding hydrogens is 458 g/mol. The first-order valence-electron chi connectivity index (χ1n) is 9.73. The van der Waals surface area contributed by atoms with Crippen LogP contribution >= 0.6 is 15.9 Å². The lowest BCUT2D eigenvalue weighted by Crippen LogP contribution is -2.33. The number of benzene rings is 3. The predicted molar refractivity (Wildman–Crippen MR) is 123 cm³/mol. The fourth-order valence-electron chi connectivity index (χ4n) is 3.45. The summed E-state index contributed by atoms with van der Waals surface area (Å²) in [5.41, 5.74) is 1.55. The van der Waals surface area contributed by atoms with Crippen LogP contribution < -0.4 is 10.4 Å². The molecule has 4 aromatic rings. The average molecular weight is 478 g/mol. The monoisotopic (exact) mass is 477 g/mol. The number of fused-ring (bicyclic) bond motifs is 1. The minimum absolute atomic E-state index is 0.0143. The third kappa shape index (κ3) is 4.70. The van der Waals surface area contributed by atoms with E-state index in [-0.39, 0.29) is 11.5 Å². The standard InChI is InChI=1S/C25H20BrNO4/c1-30-22-14-20(26)12-19-13-21(25(29)31-23(19)22)24(28)27(15-17-8-4-2-5-9-17)16-18-10-6-3-7-11-18/h2-14H,15-16H2,1H3. The van der Waals surface area contributed by atoms with Gasteiger partial charge in [0.15, 0.2) is 11.3 Å². The van der Waals surface area contributed by atoms with E-state index in [2.05, 4.69) is 15.9 Å². The zero-order chi connectivity index (χ0) is 21.8. The number of carbonyl (C=O) groups is 1. The molecule has 0 aliphatic heterocycles. The van der Waals surface area contributed by atoms with Crippen molar-refractivity contribution in [2.75, 3.05) is 7.11 Å². The van der Waals surface area contributed by atoms with Crippen LogP contribution in [0.5, 0.6) is 5.75 Å². The quantitative estimate of drug-likeness (QED) is 0.348. The summed E-state index contributed by atoms with van der Waals surface area (Å²) < 4.78 is 11.6. The van der Waals surface area contributed by atoms with Gasteiger partial charge in [0.1, 0.15) is 5.56 Å². The van der Waals surface area contributed by atoms with Gasteiger partial charge in [-0.15, -0.1) is 0 Å². The first-order chi connectivity index (χ1) is 15.0. The number of rotatable bonds is 6. The van der Waals surface area contributed by atoms with Gasteiger partial charge in [-0.1, -0.05) is 76.6 Å². The summed E-state index contributed by atoms with van der Waals surface area (Å²) in [6.07, 6.45) is 0. The molecule has 5 nitrogen and oxygen atoms in total. The Morgan fingerprint density at radius 1 is 0.935 bits per heavy atom. The largest absolute Gasteiger partial charge is 0.493 e. The van der Waals surface area contributed by atoms with Gasteiger partial charge in [-0.25, -0.2) is 4.79 Å². The van der Waals surface area contributed by atoms with Crippen LogP contribution in [0.25, 0.3) is 11.0 Å². The minimum atomic E-state index is -0.691. The van der Waals surface area contributed by atoms with Gasteiger partial charge in [0, 0.05) is 22.9 Å². The fourth-order valence-corrected chi connectivity index (χ4v) is 3.90. The minimum Gasteiger partial charge on any atom is -0.493 e. The lowest BCUT2D eigenvalue weighted by atomic mass is 10.1. The van der Waals surface area contributed by atoms with Crippen LogP contribution in [0.2, 0.25) is 0 Å². The lowest BCUT2D eigenvalue weighted by Gasteiger charge is -2.23. The highest BCUT2D eigenvalue weighted by Gasteiger charge is 2.22. The summed E-state index contributed by atoms with van der Waals surface area (Å²) in [6.45, 7) is 0.738. The maximum Gasteiger partial charge on any atom is 0.349 e. The third-order valence-corrected chi connectivity index (χ3v) is 5.39. The van der Waals surface area contributed by atoms with Crippen molar-refractivity contribution in [3.63, 3.8) is 0 Å². The summed E-state index contributed by atoms with van der Waals surface area (Å²) in [6, 6.07) is 24.4. The van der Waals surface area contributed by atoms with Crippen LogP contribution in [0.4, 0.5) is 0 Å². The number of methoxy groups -OCH3 is 1. The van der Waals surface area contributed by atoms with Crippen LogP contribution in [-0.2, 0) is 13.1 Å².